The van der Waals surface area contributed by atoms with Crippen molar-refractivity contribution >= 4 is 38.9 Å². The lowest BCUT2D eigenvalue weighted by molar-refractivity contribution is 0.0942. The summed E-state index contributed by atoms with van der Waals surface area (Å²) in [6.07, 6.45) is 2.31. The Hall–Kier alpha value is -2.15. The molecule has 29 heavy (non-hydrogen) atoms. The van der Waals surface area contributed by atoms with Crippen LogP contribution in [0.3, 0.4) is 0 Å². The van der Waals surface area contributed by atoms with Crippen molar-refractivity contribution in [2.24, 2.45) is 0 Å². The number of amides is 1. The van der Waals surface area contributed by atoms with Crippen molar-refractivity contribution in [3.05, 3.63) is 63.7 Å². The van der Waals surface area contributed by atoms with Gasteiger partial charge < -0.3 is 10.1 Å². The van der Waals surface area contributed by atoms with Crippen LogP contribution in [0.15, 0.2) is 42.5 Å². The van der Waals surface area contributed by atoms with Crippen molar-refractivity contribution in [1.82, 2.24) is 10.2 Å². The average Bonchev–Trinajstić information content (AvgIpc) is 3.36. The van der Waals surface area contributed by atoms with Crippen molar-refractivity contribution < 1.29 is 13.9 Å². The molecule has 4 rings (SSSR count). The molecule has 1 amide bonds. The van der Waals surface area contributed by atoms with E-state index in [0.29, 0.717) is 26.5 Å². The summed E-state index contributed by atoms with van der Waals surface area (Å²) in [5, 5.41) is 4.12. The van der Waals surface area contributed by atoms with Gasteiger partial charge in [0.1, 0.15) is 16.4 Å². The molecule has 1 atom stereocenters. The number of hydrogen-bond donors (Lipinski definition) is 1. The maximum absolute atomic E-state index is 13.5. The Balaban J connectivity index is 1.55. The minimum absolute atomic E-state index is 0.0575. The molecule has 0 aliphatic carbocycles. The normalized spacial score (nSPS) is 15.6. The van der Waals surface area contributed by atoms with E-state index in [4.69, 9.17) is 16.3 Å². The number of benzene rings is 2. The molecule has 0 bridgehead atoms. The van der Waals surface area contributed by atoms with Crippen LogP contribution in [0.25, 0.3) is 10.1 Å². The number of fused-ring (bicyclic) bond motifs is 1. The topological polar surface area (TPSA) is 41.6 Å². The fraction of sp³-hybridized carbons (Fsp3) is 0.318. The van der Waals surface area contributed by atoms with Gasteiger partial charge in [-0.2, -0.15) is 0 Å². The van der Waals surface area contributed by atoms with Crippen molar-refractivity contribution in [2.45, 2.75) is 18.9 Å². The van der Waals surface area contributed by atoms with Gasteiger partial charge in [0.05, 0.1) is 18.2 Å². The van der Waals surface area contributed by atoms with Crippen LogP contribution >= 0.6 is 22.9 Å². The van der Waals surface area contributed by atoms with E-state index in [-0.39, 0.29) is 17.8 Å². The lowest BCUT2D eigenvalue weighted by Crippen LogP contribution is -2.36. The van der Waals surface area contributed by atoms with Gasteiger partial charge in [0.25, 0.3) is 5.91 Å². The molecule has 0 saturated carbocycles. The quantitative estimate of drug-likeness (QED) is 0.577. The van der Waals surface area contributed by atoms with Gasteiger partial charge in [-0.25, -0.2) is 4.39 Å². The number of carbonyl (C=O) groups excluding carboxylic acids is 1. The van der Waals surface area contributed by atoms with Crippen LogP contribution < -0.4 is 10.1 Å². The Bertz CT molecular complexity index is 1030. The summed E-state index contributed by atoms with van der Waals surface area (Å²) < 4.78 is 19.5. The van der Waals surface area contributed by atoms with Crippen LogP contribution in [0.5, 0.6) is 5.75 Å². The van der Waals surface area contributed by atoms with Crippen molar-refractivity contribution in [3.63, 3.8) is 0 Å². The molecule has 1 N–H and O–H groups in total. The summed E-state index contributed by atoms with van der Waals surface area (Å²) >= 11 is 7.62. The number of likely N-dealkylation sites (tertiary alicyclic amines) is 1. The molecule has 7 heteroatoms. The molecule has 1 fully saturated rings. The van der Waals surface area contributed by atoms with Gasteiger partial charge in [0.2, 0.25) is 0 Å². The molecule has 1 aliphatic heterocycles. The minimum Gasteiger partial charge on any atom is -0.497 e. The molecule has 1 aromatic heterocycles. The van der Waals surface area contributed by atoms with Crippen molar-refractivity contribution in [2.75, 3.05) is 26.7 Å². The average molecular weight is 433 g/mol. The van der Waals surface area contributed by atoms with E-state index in [1.54, 1.807) is 13.2 Å². The summed E-state index contributed by atoms with van der Waals surface area (Å²) in [5.41, 5.74) is 1.11. The molecule has 1 saturated heterocycles. The number of ether oxygens (including phenoxy) is 1. The highest BCUT2D eigenvalue weighted by molar-refractivity contribution is 7.21. The first-order chi connectivity index (χ1) is 14.1. The predicted octanol–water partition coefficient (Wildman–Crippen LogP) is 5.27. The van der Waals surface area contributed by atoms with E-state index in [2.05, 4.69) is 16.3 Å². The summed E-state index contributed by atoms with van der Waals surface area (Å²) in [6, 6.07) is 12.4. The van der Waals surface area contributed by atoms with E-state index < -0.39 is 0 Å². The van der Waals surface area contributed by atoms with E-state index in [9.17, 15) is 9.18 Å². The Morgan fingerprint density at radius 3 is 2.83 bits per heavy atom. The van der Waals surface area contributed by atoms with Crippen LogP contribution in [0.4, 0.5) is 4.39 Å². The molecule has 1 unspecified atom stereocenters. The summed E-state index contributed by atoms with van der Waals surface area (Å²) in [5.74, 6) is 0.228. The molecule has 2 heterocycles. The monoisotopic (exact) mass is 432 g/mol. The standard InChI is InChI=1S/C22H22ClFN2O2S/c1-28-16-6-4-5-14(11-16)18(26-9-2-3-10-26)13-25-22(27)21-20(23)17-8-7-15(24)12-19(17)29-21/h4-8,11-12,18H,2-3,9-10,13H2,1H3,(H,25,27). The summed E-state index contributed by atoms with van der Waals surface area (Å²) in [7, 11) is 1.65. The Morgan fingerprint density at radius 1 is 1.28 bits per heavy atom. The second kappa shape index (κ2) is 8.69. The number of hydrogen-bond acceptors (Lipinski definition) is 4. The highest BCUT2D eigenvalue weighted by Crippen LogP contribution is 2.36. The zero-order chi connectivity index (χ0) is 20.4. The number of thiophene rings is 1. The van der Waals surface area contributed by atoms with Gasteiger partial charge >= 0.3 is 0 Å². The number of halogens is 2. The lowest BCUT2D eigenvalue weighted by atomic mass is 10.0. The fourth-order valence-electron chi connectivity index (χ4n) is 3.81. The second-order valence-electron chi connectivity index (χ2n) is 7.13. The summed E-state index contributed by atoms with van der Waals surface area (Å²) in [6.45, 7) is 2.46. The molecule has 152 valence electrons. The Morgan fingerprint density at radius 2 is 2.07 bits per heavy atom. The lowest BCUT2D eigenvalue weighted by Gasteiger charge is -2.28. The minimum atomic E-state index is -0.338. The van der Waals surface area contributed by atoms with Gasteiger partial charge in [0, 0.05) is 16.6 Å². The molecule has 0 spiro atoms. The first kappa shape index (κ1) is 20.1. The van der Waals surface area contributed by atoms with E-state index in [1.165, 1.54) is 23.5 Å². The molecular formula is C22H22ClFN2O2S. The van der Waals surface area contributed by atoms with Crippen LogP contribution in [-0.2, 0) is 0 Å². The third kappa shape index (κ3) is 4.25. The van der Waals surface area contributed by atoms with Gasteiger partial charge in [-0.3, -0.25) is 9.69 Å². The highest BCUT2D eigenvalue weighted by Gasteiger charge is 2.25. The van der Waals surface area contributed by atoms with Crippen LogP contribution in [0, 0.1) is 5.82 Å². The number of methoxy groups -OCH3 is 1. The number of carbonyl (C=O) groups is 1. The second-order valence-corrected chi connectivity index (χ2v) is 8.56. The zero-order valence-corrected chi connectivity index (χ0v) is 17.7. The smallest absolute Gasteiger partial charge is 0.262 e. The first-order valence-corrected chi connectivity index (χ1v) is 10.8. The largest absolute Gasteiger partial charge is 0.497 e. The predicted molar refractivity (Wildman–Crippen MR) is 116 cm³/mol. The van der Waals surface area contributed by atoms with Crippen LogP contribution in [-0.4, -0.2) is 37.6 Å². The van der Waals surface area contributed by atoms with E-state index >= 15 is 0 Å². The summed E-state index contributed by atoms with van der Waals surface area (Å²) in [4.78, 5) is 15.7. The molecule has 2 aromatic carbocycles. The van der Waals surface area contributed by atoms with Gasteiger partial charge in [-0.05, 0) is 61.8 Å². The van der Waals surface area contributed by atoms with Gasteiger partial charge in [-0.1, -0.05) is 23.7 Å². The van der Waals surface area contributed by atoms with Gasteiger partial charge in [0.15, 0.2) is 0 Å². The number of rotatable bonds is 6. The fourth-order valence-corrected chi connectivity index (χ4v) is 5.27. The molecule has 4 nitrogen and oxygen atoms in total. The van der Waals surface area contributed by atoms with Crippen LogP contribution in [0.2, 0.25) is 5.02 Å². The molecule has 0 radical (unpaired) electrons. The molecule has 1 aliphatic rings. The third-order valence-electron chi connectivity index (χ3n) is 5.31. The third-order valence-corrected chi connectivity index (χ3v) is 6.97. The zero-order valence-electron chi connectivity index (χ0n) is 16.1. The van der Waals surface area contributed by atoms with Crippen LogP contribution in [0.1, 0.15) is 34.1 Å². The van der Waals surface area contributed by atoms with E-state index in [0.717, 1.165) is 37.2 Å². The maximum Gasteiger partial charge on any atom is 0.262 e. The Kier molecular flexibility index (Phi) is 6.04. The SMILES string of the molecule is COc1cccc(C(CNC(=O)c2sc3cc(F)ccc3c2Cl)N2CCCC2)c1. The van der Waals surface area contributed by atoms with Crippen molar-refractivity contribution in [1.29, 1.82) is 0 Å². The molecular weight excluding hydrogens is 411 g/mol. The highest BCUT2D eigenvalue weighted by atomic mass is 35.5. The van der Waals surface area contributed by atoms with Crippen molar-refractivity contribution in [3.8, 4) is 5.75 Å². The van der Waals surface area contributed by atoms with Gasteiger partial charge in [-0.15, -0.1) is 11.3 Å². The Labute approximate surface area is 178 Å². The number of nitrogens with zero attached hydrogens (tertiary/aromatic N) is 1. The molecule has 3 aromatic rings. The van der Waals surface area contributed by atoms with E-state index in [1.807, 2.05) is 18.2 Å². The number of nitrogens with one attached hydrogen (secondary N) is 1. The first-order valence-electron chi connectivity index (χ1n) is 9.60. The maximum atomic E-state index is 13.5.